The number of carbonyl (C=O) groups excluding carboxylic acids is 1. The van der Waals surface area contributed by atoms with Crippen LogP contribution in [0, 0.1) is 13.8 Å². The highest BCUT2D eigenvalue weighted by Gasteiger charge is 2.17. The fraction of sp³-hybridized carbons (Fsp3) is 0.136. The molecule has 0 aliphatic rings. The van der Waals surface area contributed by atoms with Gasteiger partial charge in [0.25, 0.3) is 5.56 Å². The number of thioether (sulfide) groups is 1. The van der Waals surface area contributed by atoms with E-state index in [9.17, 15) is 9.59 Å². The van der Waals surface area contributed by atoms with Crippen molar-refractivity contribution in [3.05, 3.63) is 86.3 Å². The molecule has 4 aromatic rings. The first-order valence-corrected chi connectivity index (χ1v) is 10.7. The summed E-state index contributed by atoms with van der Waals surface area (Å²) in [6, 6.07) is 16.9. The highest BCUT2D eigenvalue weighted by molar-refractivity contribution is 7.99. The zero-order valence-corrected chi connectivity index (χ0v) is 17.1. The zero-order valence-electron chi connectivity index (χ0n) is 15.5. The lowest BCUT2D eigenvalue weighted by atomic mass is 10.1. The van der Waals surface area contributed by atoms with Crippen LogP contribution in [0.1, 0.15) is 20.8 Å². The molecule has 2 aromatic heterocycles. The Morgan fingerprint density at radius 3 is 2.68 bits per heavy atom. The SMILES string of the molecule is Cc1cccc(-n2c(SCC(=O)c3cccs3)nc3ccccc3c2=O)c1C. The smallest absolute Gasteiger partial charge is 0.266 e. The van der Waals surface area contributed by atoms with Crippen molar-refractivity contribution in [3.63, 3.8) is 0 Å². The summed E-state index contributed by atoms with van der Waals surface area (Å²) >= 11 is 2.73. The van der Waals surface area contributed by atoms with E-state index in [4.69, 9.17) is 4.98 Å². The quantitative estimate of drug-likeness (QED) is 0.265. The van der Waals surface area contributed by atoms with E-state index < -0.39 is 0 Å². The Balaban J connectivity index is 1.85. The van der Waals surface area contributed by atoms with Gasteiger partial charge in [-0.15, -0.1) is 11.3 Å². The summed E-state index contributed by atoms with van der Waals surface area (Å²) in [7, 11) is 0. The van der Waals surface area contributed by atoms with Gasteiger partial charge >= 0.3 is 0 Å². The number of para-hydroxylation sites is 1. The topological polar surface area (TPSA) is 52.0 Å². The van der Waals surface area contributed by atoms with Crippen LogP contribution in [0.3, 0.4) is 0 Å². The van der Waals surface area contributed by atoms with Crippen molar-refractivity contribution in [2.75, 3.05) is 5.75 Å². The second-order valence-electron chi connectivity index (χ2n) is 6.46. The van der Waals surface area contributed by atoms with Gasteiger partial charge < -0.3 is 0 Å². The molecule has 0 N–H and O–H groups in total. The van der Waals surface area contributed by atoms with Gasteiger partial charge in [0.05, 0.1) is 27.2 Å². The van der Waals surface area contributed by atoms with E-state index in [1.54, 1.807) is 10.6 Å². The van der Waals surface area contributed by atoms with Gasteiger partial charge in [0.15, 0.2) is 10.9 Å². The molecule has 0 aliphatic carbocycles. The molecular formula is C22H18N2O2S2. The minimum absolute atomic E-state index is 0.0370. The minimum Gasteiger partial charge on any atom is -0.292 e. The highest BCUT2D eigenvalue weighted by Crippen LogP contribution is 2.25. The van der Waals surface area contributed by atoms with Crippen molar-refractivity contribution in [1.82, 2.24) is 9.55 Å². The number of aryl methyl sites for hydroxylation is 1. The Kier molecular flexibility index (Phi) is 5.15. The molecule has 0 aliphatic heterocycles. The fourth-order valence-corrected chi connectivity index (χ4v) is 4.68. The van der Waals surface area contributed by atoms with Gasteiger partial charge in [0.1, 0.15) is 0 Å². The number of rotatable bonds is 5. The average molecular weight is 407 g/mol. The lowest BCUT2D eigenvalue weighted by molar-refractivity contribution is 0.102. The monoisotopic (exact) mass is 406 g/mol. The molecule has 2 aromatic carbocycles. The van der Waals surface area contributed by atoms with E-state index in [1.807, 2.05) is 67.8 Å². The maximum Gasteiger partial charge on any atom is 0.266 e. The third-order valence-corrected chi connectivity index (χ3v) is 6.54. The van der Waals surface area contributed by atoms with Crippen LogP contribution in [-0.2, 0) is 0 Å². The number of ketones is 1. The van der Waals surface area contributed by atoms with Gasteiger partial charge in [-0.25, -0.2) is 4.98 Å². The van der Waals surface area contributed by atoms with Crippen molar-refractivity contribution >= 4 is 39.8 Å². The Morgan fingerprint density at radius 1 is 1.07 bits per heavy atom. The van der Waals surface area contributed by atoms with Crippen molar-refractivity contribution in [2.24, 2.45) is 0 Å². The number of Topliss-reactive ketones (excluding diaryl/α,β-unsaturated/α-hetero) is 1. The van der Waals surface area contributed by atoms with Gasteiger partial charge in [-0.2, -0.15) is 0 Å². The summed E-state index contributed by atoms with van der Waals surface area (Å²) in [5, 5.41) is 2.98. The summed E-state index contributed by atoms with van der Waals surface area (Å²) in [4.78, 5) is 31.2. The van der Waals surface area contributed by atoms with Crippen LogP contribution in [0.15, 0.2) is 69.9 Å². The summed E-state index contributed by atoms with van der Waals surface area (Å²) in [6.07, 6.45) is 0. The standard InChI is InChI=1S/C22H18N2O2S2/c1-14-7-5-10-18(15(14)2)24-21(26)16-8-3-4-9-17(16)23-22(24)28-13-19(25)20-11-6-12-27-20/h3-12H,13H2,1-2H3. The van der Waals surface area contributed by atoms with Gasteiger partial charge in [0, 0.05) is 0 Å². The molecule has 0 fully saturated rings. The molecule has 0 amide bonds. The van der Waals surface area contributed by atoms with Crippen LogP contribution < -0.4 is 5.56 Å². The van der Waals surface area contributed by atoms with Crippen molar-refractivity contribution in [2.45, 2.75) is 19.0 Å². The molecular weight excluding hydrogens is 388 g/mol. The van der Waals surface area contributed by atoms with Gasteiger partial charge in [0.2, 0.25) is 0 Å². The van der Waals surface area contributed by atoms with E-state index in [0.29, 0.717) is 20.9 Å². The number of fused-ring (bicyclic) bond motifs is 1. The molecule has 28 heavy (non-hydrogen) atoms. The summed E-state index contributed by atoms with van der Waals surface area (Å²) in [5.74, 6) is 0.269. The zero-order chi connectivity index (χ0) is 19.7. The Hall–Kier alpha value is -2.70. The average Bonchev–Trinajstić information content (AvgIpc) is 3.24. The maximum absolute atomic E-state index is 13.3. The van der Waals surface area contributed by atoms with Gasteiger partial charge in [-0.1, -0.05) is 42.1 Å². The number of nitrogens with zero attached hydrogens (tertiary/aromatic N) is 2. The van der Waals surface area contributed by atoms with E-state index >= 15 is 0 Å². The van der Waals surface area contributed by atoms with E-state index in [2.05, 4.69) is 0 Å². The van der Waals surface area contributed by atoms with Crippen LogP contribution in [0.5, 0.6) is 0 Å². The first-order valence-electron chi connectivity index (χ1n) is 8.84. The van der Waals surface area contributed by atoms with E-state index in [1.165, 1.54) is 23.1 Å². The summed E-state index contributed by atoms with van der Waals surface area (Å²) in [5.41, 5.74) is 3.44. The Morgan fingerprint density at radius 2 is 1.89 bits per heavy atom. The molecule has 0 saturated heterocycles. The number of carbonyl (C=O) groups is 1. The van der Waals surface area contributed by atoms with Crippen molar-refractivity contribution in [3.8, 4) is 5.69 Å². The molecule has 4 nitrogen and oxygen atoms in total. The van der Waals surface area contributed by atoms with Crippen LogP contribution in [-0.4, -0.2) is 21.1 Å². The maximum atomic E-state index is 13.3. The second kappa shape index (κ2) is 7.73. The van der Waals surface area contributed by atoms with Crippen molar-refractivity contribution in [1.29, 1.82) is 0 Å². The Labute approximate surface area is 170 Å². The Bertz CT molecular complexity index is 1230. The molecule has 0 unspecified atom stereocenters. The first kappa shape index (κ1) is 18.7. The molecule has 4 rings (SSSR count). The summed E-state index contributed by atoms with van der Waals surface area (Å²) < 4.78 is 1.64. The molecule has 6 heteroatoms. The largest absolute Gasteiger partial charge is 0.292 e. The van der Waals surface area contributed by atoms with Crippen LogP contribution in [0.4, 0.5) is 0 Å². The lowest BCUT2D eigenvalue weighted by Gasteiger charge is -2.16. The fourth-order valence-electron chi connectivity index (χ4n) is 3.04. The number of thiophene rings is 1. The minimum atomic E-state index is -0.120. The van der Waals surface area contributed by atoms with Crippen LogP contribution in [0.25, 0.3) is 16.6 Å². The third-order valence-electron chi connectivity index (χ3n) is 4.69. The number of hydrogen-bond acceptors (Lipinski definition) is 5. The predicted octanol–water partition coefficient (Wildman–Crippen LogP) is 5.04. The molecule has 2 heterocycles. The predicted molar refractivity (Wildman–Crippen MR) is 116 cm³/mol. The number of benzene rings is 2. The second-order valence-corrected chi connectivity index (χ2v) is 8.35. The molecule has 0 spiro atoms. The number of aromatic nitrogens is 2. The third kappa shape index (κ3) is 3.41. The molecule has 0 atom stereocenters. The van der Waals surface area contributed by atoms with Gasteiger partial charge in [-0.05, 0) is 54.6 Å². The first-order chi connectivity index (χ1) is 13.6. The molecule has 0 bridgehead atoms. The summed E-state index contributed by atoms with van der Waals surface area (Å²) in [6.45, 7) is 4.02. The molecule has 0 radical (unpaired) electrons. The number of hydrogen-bond donors (Lipinski definition) is 0. The lowest BCUT2D eigenvalue weighted by Crippen LogP contribution is -2.23. The van der Waals surface area contributed by atoms with Crippen LogP contribution >= 0.6 is 23.1 Å². The molecule has 140 valence electrons. The normalized spacial score (nSPS) is 11.1. The highest BCUT2D eigenvalue weighted by atomic mass is 32.2. The van der Waals surface area contributed by atoms with Gasteiger partial charge in [-0.3, -0.25) is 14.2 Å². The van der Waals surface area contributed by atoms with E-state index in [0.717, 1.165) is 16.8 Å². The van der Waals surface area contributed by atoms with E-state index in [-0.39, 0.29) is 17.1 Å². The molecule has 0 saturated carbocycles. The van der Waals surface area contributed by atoms with Crippen LogP contribution in [0.2, 0.25) is 0 Å². The van der Waals surface area contributed by atoms with Crippen molar-refractivity contribution < 1.29 is 4.79 Å².